The second kappa shape index (κ2) is 5.91. The number of halogens is 1. The van der Waals surface area contributed by atoms with Gasteiger partial charge in [-0.2, -0.15) is 0 Å². The molecule has 2 atom stereocenters. The Balaban J connectivity index is 2.34. The van der Waals surface area contributed by atoms with Crippen LogP contribution in [0.5, 0.6) is 0 Å². The molecule has 0 heterocycles. The number of hydrogen-bond donors (Lipinski definition) is 0. The van der Waals surface area contributed by atoms with Gasteiger partial charge in [0, 0.05) is 6.42 Å². The molecule has 0 unspecified atom stereocenters. The molecule has 0 aliphatic heterocycles. The maximum absolute atomic E-state index is 13.1. The molecule has 0 bridgehead atoms. The van der Waals surface area contributed by atoms with Crippen LogP contribution in [0.25, 0.3) is 0 Å². The maximum Gasteiger partial charge on any atom is 0.166 e. The first-order valence-corrected chi connectivity index (χ1v) is 5.13. The van der Waals surface area contributed by atoms with E-state index in [-0.39, 0.29) is 11.9 Å². The Hall–Kier alpha value is -0.700. The molecule has 14 heavy (non-hydrogen) atoms. The zero-order valence-corrected chi connectivity index (χ0v) is 8.38. The Morgan fingerprint density at radius 2 is 2.29 bits per heavy atom. The van der Waals surface area contributed by atoms with Crippen molar-refractivity contribution in [2.24, 2.45) is 0 Å². The Morgan fingerprint density at radius 3 is 3.00 bits per heavy atom. The molecule has 3 heteroatoms. The van der Waals surface area contributed by atoms with Crippen molar-refractivity contribution >= 4 is 5.78 Å². The second-order valence-corrected chi connectivity index (χ2v) is 3.65. The van der Waals surface area contributed by atoms with E-state index in [1.807, 2.05) is 0 Å². The molecule has 1 rings (SSSR count). The van der Waals surface area contributed by atoms with Gasteiger partial charge in [0.1, 0.15) is 0 Å². The fourth-order valence-corrected chi connectivity index (χ4v) is 1.67. The Bertz CT molecular complexity index is 203. The summed E-state index contributed by atoms with van der Waals surface area (Å²) in [7, 11) is 0. The average molecular weight is 200 g/mol. The third kappa shape index (κ3) is 3.58. The summed E-state index contributed by atoms with van der Waals surface area (Å²) in [6, 6.07) is 0. The summed E-state index contributed by atoms with van der Waals surface area (Å²) >= 11 is 0. The maximum atomic E-state index is 13.1. The van der Waals surface area contributed by atoms with Crippen molar-refractivity contribution in [2.75, 3.05) is 6.61 Å². The minimum absolute atomic E-state index is 0.0966. The fraction of sp³-hybridized carbons (Fsp3) is 0.727. The highest BCUT2D eigenvalue weighted by Crippen LogP contribution is 2.19. The van der Waals surface area contributed by atoms with Crippen LogP contribution in [-0.4, -0.2) is 24.7 Å². The van der Waals surface area contributed by atoms with Gasteiger partial charge in [0.15, 0.2) is 12.0 Å². The van der Waals surface area contributed by atoms with Gasteiger partial charge >= 0.3 is 0 Å². The zero-order valence-electron chi connectivity index (χ0n) is 8.38. The standard InChI is InChI=1S/C11H17FO2/c1-2-8-14-9-4-3-5-11(13)10(12)7-6-9/h2,9-10H,1,3-8H2/t9-,10+/m0/s1. The summed E-state index contributed by atoms with van der Waals surface area (Å²) in [6.07, 6.45) is 3.41. The summed E-state index contributed by atoms with van der Waals surface area (Å²) in [4.78, 5) is 11.1. The van der Waals surface area contributed by atoms with Gasteiger partial charge in [-0.3, -0.25) is 4.79 Å². The highest BCUT2D eigenvalue weighted by Gasteiger charge is 2.22. The second-order valence-electron chi connectivity index (χ2n) is 3.65. The average Bonchev–Trinajstić information content (AvgIpc) is 2.18. The van der Waals surface area contributed by atoms with Gasteiger partial charge in [-0.1, -0.05) is 6.08 Å². The molecule has 80 valence electrons. The number of Topliss-reactive ketones (excluding diaryl/α,β-unsaturated/α-hetero) is 1. The number of alkyl halides is 1. The zero-order chi connectivity index (χ0) is 10.4. The van der Waals surface area contributed by atoms with Crippen molar-refractivity contribution < 1.29 is 13.9 Å². The molecule has 0 N–H and O–H groups in total. The summed E-state index contributed by atoms with van der Waals surface area (Å²) in [5.74, 6) is -0.243. The summed E-state index contributed by atoms with van der Waals surface area (Å²) in [5.41, 5.74) is 0. The lowest BCUT2D eigenvalue weighted by Gasteiger charge is -2.20. The molecule has 2 nitrogen and oxygen atoms in total. The number of rotatable bonds is 3. The Kier molecular flexibility index (Phi) is 4.80. The van der Waals surface area contributed by atoms with Gasteiger partial charge in [-0.15, -0.1) is 6.58 Å². The summed E-state index contributed by atoms with van der Waals surface area (Å²) in [6.45, 7) is 4.07. The van der Waals surface area contributed by atoms with Crippen LogP contribution in [0.1, 0.15) is 32.1 Å². The number of carbonyl (C=O) groups excluding carboxylic acids is 1. The van der Waals surface area contributed by atoms with Crippen LogP contribution >= 0.6 is 0 Å². The van der Waals surface area contributed by atoms with E-state index in [2.05, 4.69) is 6.58 Å². The first-order chi connectivity index (χ1) is 6.74. The van der Waals surface area contributed by atoms with Crippen LogP contribution in [0.3, 0.4) is 0 Å². The molecular weight excluding hydrogens is 183 g/mol. The van der Waals surface area contributed by atoms with Gasteiger partial charge < -0.3 is 4.74 Å². The SMILES string of the molecule is C=CCO[C@H]1CCCC(=O)[C@H](F)CC1. The highest BCUT2D eigenvalue weighted by molar-refractivity contribution is 5.82. The third-order valence-corrected chi connectivity index (χ3v) is 2.49. The normalized spacial score (nSPS) is 29.4. The molecule has 1 saturated carbocycles. The first-order valence-electron chi connectivity index (χ1n) is 5.13. The fourth-order valence-electron chi connectivity index (χ4n) is 1.67. The van der Waals surface area contributed by atoms with Crippen molar-refractivity contribution in [3.8, 4) is 0 Å². The van der Waals surface area contributed by atoms with Crippen LogP contribution in [0, 0.1) is 0 Å². The largest absolute Gasteiger partial charge is 0.374 e. The summed E-state index contributed by atoms with van der Waals surface area (Å²) < 4.78 is 18.5. The Labute approximate surface area is 84.1 Å². The minimum Gasteiger partial charge on any atom is -0.374 e. The van der Waals surface area contributed by atoms with E-state index in [4.69, 9.17) is 4.74 Å². The molecule has 0 aromatic heterocycles. The topological polar surface area (TPSA) is 26.3 Å². The lowest BCUT2D eigenvalue weighted by molar-refractivity contribution is -0.125. The van der Waals surface area contributed by atoms with Crippen molar-refractivity contribution in [1.82, 2.24) is 0 Å². The van der Waals surface area contributed by atoms with E-state index < -0.39 is 6.17 Å². The van der Waals surface area contributed by atoms with Crippen LogP contribution < -0.4 is 0 Å². The number of ketones is 1. The van der Waals surface area contributed by atoms with Gasteiger partial charge in [-0.25, -0.2) is 4.39 Å². The van der Waals surface area contributed by atoms with Crippen molar-refractivity contribution in [2.45, 2.75) is 44.4 Å². The number of ether oxygens (including phenoxy) is 1. The van der Waals surface area contributed by atoms with Crippen LogP contribution in [-0.2, 0) is 9.53 Å². The molecular formula is C11H17FO2. The van der Waals surface area contributed by atoms with Crippen LogP contribution in [0.15, 0.2) is 12.7 Å². The number of carbonyl (C=O) groups is 1. The summed E-state index contributed by atoms with van der Waals surface area (Å²) in [5, 5.41) is 0. The molecule has 0 aromatic carbocycles. The molecule has 0 saturated heterocycles. The molecule has 0 spiro atoms. The smallest absolute Gasteiger partial charge is 0.166 e. The lowest BCUT2D eigenvalue weighted by atomic mass is 9.96. The predicted octanol–water partition coefficient (Wildman–Crippen LogP) is 2.43. The quantitative estimate of drug-likeness (QED) is 0.654. The van der Waals surface area contributed by atoms with E-state index in [0.29, 0.717) is 25.9 Å². The van der Waals surface area contributed by atoms with Gasteiger partial charge in [0.25, 0.3) is 0 Å². The molecule has 1 aliphatic rings. The van der Waals surface area contributed by atoms with E-state index in [9.17, 15) is 9.18 Å². The highest BCUT2D eigenvalue weighted by atomic mass is 19.1. The monoisotopic (exact) mass is 200 g/mol. The van der Waals surface area contributed by atoms with E-state index >= 15 is 0 Å². The minimum atomic E-state index is -1.27. The van der Waals surface area contributed by atoms with E-state index in [1.165, 1.54) is 0 Å². The van der Waals surface area contributed by atoms with Gasteiger partial charge in [0.05, 0.1) is 12.7 Å². The van der Waals surface area contributed by atoms with Crippen molar-refractivity contribution in [3.63, 3.8) is 0 Å². The van der Waals surface area contributed by atoms with E-state index in [1.54, 1.807) is 6.08 Å². The van der Waals surface area contributed by atoms with Crippen molar-refractivity contribution in [1.29, 1.82) is 0 Å². The lowest BCUT2D eigenvalue weighted by Crippen LogP contribution is -2.24. The van der Waals surface area contributed by atoms with Crippen molar-refractivity contribution in [3.05, 3.63) is 12.7 Å². The van der Waals surface area contributed by atoms with E-state index in [0.717, 1.165) is 12.8 Å². The molecule has 0 radical (unpaired) electrons. The number of hydrogen-bond acceptors (Lipinski definition) is 2. The molecule has 1 aliphatic carbocycles. The molecule has 1 fully saturated rings. The molecule has 0 amide bonds. The third-order valence-electron chi connectivity index (χ3n) is 2.49. The van der Waals surface area contributed by atoms with Crippen LogP contribution in [0.4, 0.5) is 4.39 Å². The molecule has 0 aromatic rings. The predicted molar refractivity (Wildman–Crippen MR) is 52.9 cm³/mol. The first kappa shape index (κ1) is 11.4. The van der Waals surface area contributed by atoms with Gasteiger partial charge in [0.2, 0.25) is 0 Å². The Morgan fingerprint density at radius 1 is 1.50 bits per heavy atom. The van der Waals surface area contributed by atoms with Crippen LogP contribution in [0.2, 0.25) is 0 Å². The van der Waals surface area contributed by atoms with Gasteiger partial charge in [-0.05, 0) is 25.7 Å².